The Labute approximate surface area is 133 Å². The third-order valence-electron chi connectivity index (χ3n) is 2.87. The zero-order chi connectivity index (χ0) is 16.7. The highest BCUT2D eigenvalue weighted by molar-refractivity contribution is 6.09. The van der Waals surface area contributed by atoms with Crippen molar-refractivity contribution >= 4 is 17.8 Å². The number of hydrogen-bond acceptors (Lipinski definition) is 5. The Kier molecular flexibility index (Phi) is 5.31. The average Bonchev–Trinajstić information content (AvgIpc) is 2.56. The number of nitriles is 1. The van der Waals surface area contributed by atoms with Crippen LogP contribution in [0.1, 0.15) is 12.5 Å². The first-order chi connectivity index (χ1) is 11.1. The number of ether oxygens (including phenoxy) is 1. The number of aromatic hydroxyl groups is 1. The van der Waals surface area contributed by atoms with E-state index in [1.807, 2.05) is 6.07 Å². The number of carbonyl (C=O) groups is 1. The van der Waals surface area contributed by atoms with Gasteiger partial charge < -0.3 is 15.2 Å². The highest BCUT2D eigenvalue weighted by Crippen LogP contribution is 2.27. The molecule has 0 saturated carbocycles. The average molecular weight is 309 g/mol. The Morgan fingerprint density at radius 3 is 2.91 bits per heavy atom. The summed E-state index contributed by atoms with van der Waals surface area (Å²) in [5, 5.41) is 21.4. The highest BCUT2D eigenvalue weighted by Gasteiger charge is 2.11. The van der Waals surface area contributed by atoms with Gasteiger partial charge >= 0.3 is 0 Å². The number of hydrogen-bond donors (Lipinski definition) is 2. The summed E-state index contributed by atoms with van der Waals surface area (Å²) in [5.74, 6) is 0.0979. The molecule has 0 aliphatic carbocycles. The Morgan fingerprint density at radius 1 is 1.43 bits per heavy atom. The second-order valence-electron chi connectivity index (χ2n) is 4.50. The Hall–Kier alpha value is -3.33. The summed E-state index contributed by atoms with van der Waals surface area (Å²) >= 11 is 0. The van der Waals surface area contributed by atoms with Gasteiger partial charge in [-0.3, -0.25) is 4.79 Å². The van der Waals surface area contributed by atoms with Gasteiger partial charge in [0.25, 0.3) is 5.91 Å². The van der Waals surface area contributed by atoms with E-state index < -0.39 is 5.91 Å². The Balaban J connectivity index is 2.23. The maximum Gasteiger partial charge on any atom is 0.267 e. The van der Waals surface area contributed by atoms with Gasteiger partial charge in [0.1, 0.15) is 17.5 Å². The smallest absolute Gasteiger partial charge is 0.267 e. The number of rotatable bonds is 5. The van der Waals surface area contributed by atoms with Crippen molar-refractivity contribution in [1.29, 1.82) is 5.26 Å². The lowest BCUT2D eigenvalue weighted by molar-refractivity contribution is -0.112. The molecule has 1 aromatic carbocycles. The highest BCUT2D eigenvalue weighted by atomic mass is 16.5. The molecular formula is C17H15N3O3. The zero-order valence-electron chi connectivity index (χ0n) is 12.5. The van der Waals surface area contributed by atoms with Crippen molar-refractivity contribution in [1.82, 2.24) is 4.98 Å². The molecule has 6 nitrogen and oxygen atoms in total. The first-order valence-corrected chi connectivity index (χ1v) is 6.94. The minimum Gasteiger partial charge on any atom is -0.504 e. The van der Waals surface area contributed by atoms with Crippen molar-refractivity contribution in [2.24, 2.45) is 0 Å². The van der Waals surface area contributed by atoms with Crippen LogP contribution in [0.5, 0.6) is 11.5 Å². The van der Waals surface area contributed by atoms with E-state index in [1.165, 1.54) is 12.1 Å². The van der Waals surface area contributed by atoms with Crippen molar-refractivity contribution < 1.29 is 14.6 Å². The maximum atomic E-state index is 12.1. The fraction of sp³-hybridized carbons (Fsp3) is 0.118. The first kappa shape index (κ1) is 16.0. The molecule has 2 N–H and O–H groups in total. The Bertz CT molecular complexity index is 764. The van der Waals surface area contributed by atoms with Crippen LogP contribution in [-0.2, 0) is 4.79 Å². The van der Waals surface area contributed by atoms with Gasteiger partial charge in [-0.15, -0.1) is 0 Å². The van der Waals surface area contributed by atoms with Gasteiger partial charge in [0, 0.05) is 6.20 Å². The lowest BCUT2D eigenvalue weighted by Gasteiger charge is -2.07. The molecule has 0 bridgehead atoms. The second-order valence-corrected chi connectivity index (χ2v) is 4.50. The summed E-state index contributed by atoms with van der Waals surface area (Å²) in [6, 6.07) is 11.5. The van der Waals surface area contributed by atoms with Gasteiger partial charge in [0.05, 0.1) is 6.61 Å². The van der Waals surface area contributed by atoms with Crippen molar-refractivity contribution in [3.63, 3.8) is 0 Å². The van der Waals surface area contributed by atoms with Gasteiger partial charge in [-0.05, 0) is 42.8 Å². The number of aromatic nitrogens is 1. The number of nitrogens with zero attached hydrogens (tertiary/aromatic N) is 2. The third-order valence-corrected chi connectivity index (χ3v) is 2.87. The van der Waals surface area contributed by atoms with E-state index in [-0.39, 0.29) is 11.3 Å². The number of amides is 1. The SMILES string of the molecule is CCOc1cc(/C=C(\C#N)C(=O)Nc2ccccn2)ccc1O. The van der Waals surface area contributed by atoms with Crippen LogP contribution < -0.4 is 10.1 Å². The Morgan fingerprint density at radius 2 is 2.26 bits per heavy atom. The molecule has 0 aliphatic heterocycles. The molecule has 2 rings (SSSR count). The van der Waals surface area contributed by atoms with E-state index in [9.17, 15) is 15.2 Å². The van der Waals surface area contributed by atoms with E-state index in [1.54, 1.807) is 43.5 Å². The lowest BCUT2D eigenvalue weighted by atomic mass is 10.1. The first-order valence-electron chi connectivity index (χ1n) is 6.94. The molecule has 0 unspecified atom stereocenters. The molecule has 6 heteroatoms. The maximum absolute atomic E-state index is 12.1. The van der Waals surface area contributed by atoms with E-state index in [0.717, 1.165) is 0 Å². The van der Waals surface area contributed by atoms with Crippen LogP contribution in [0.4, 0.5) is 5.82 Å². The van der Waals surface area contributed by atoms with Crippen LogP contribution in [0.25, 0.3) is 6.08 Å². The largest absolute Gasteiger partial charge is 0.504 e. The van der Waals surface area contributed by atoms with Crippen molar-refractivity contribution in [3.05, 3.63) is 53.7 Å². The fourth-order valence-corrected chi connectivity index (χ4v) is 1.83. The molecule has 0 radical (unpaired) electrons. The van der Waals surface area contributed by atoms with Crippen LogP contribution >= 0.6 is 0 Å². The molecule has 23 heavy (non-hydrogen) atoms. The summed E-state index contributed by atoms with van der Waals surface area (Å²) < 4.78 is 5.28. The fourth-order valence-electron chi connectivity index (χ4n) is 1.83. The number of anilines is 1. The molecule has 0 atom stereocenters. The van der Waals surface area contributed by atoms with E-state index in [2.05, 4.69) is 10.3 Å². The summed E-state index contributed by atoms with van der Waals surface area (Å²) in [4.78, 5) is 16.1. The van der Waals surface area contributed by atoms with Crippen LogP contribution in [0.15, 0.2) is 48.2 Å². The van der Waals surface area contributed by atoms with E-state index in [0.29, 0.717) is 23.7 Å². The number of benzene rings is 1. The number of nitrogens with one attached hydrogen (secondary N) is 1. The predicted molar refractivity (Wildman–Crippen MR) is 85.7 cm³/mol. The summed E-state index contributed by atoms with van der Waals surface area (Å²) in [6.45, 7) is 2.19. The number of pyridine rings is 1. The molecule has 0 fully saturated rings. The van der Waals surface area contributed by atoms with Gasteiger partial charge in [0.15, 0.2) is 11.5 Å². The molecular weight excluding hydrogens is 294 g/mol. The normalized spacial score (nSPS) is 10.7. The molecule has 0 aliphatic rings. The molecule has 2 aromatic rings. The number of phenols is 1. The van der Waals surface area contributed by atoms with Crippen molar-refractivity contribution in [2.45, 2.75) is 6.92 Å². The minimum absolute atomic E-state index is 0.000412. The quantitative estimate of drug-likeness (QED) is 0.654. The molecule has 1 amide bonds. The number of phenolic OH excluding ortho intramolecular Hbond substituents is 1. The summed E-state index contributed by atoms with van der Waals surface area (Å²) in [7, 11) is 0. The van der Waals surface area contributed by atoms with E-state index >= 15 is 0 Å². The van der Waals surface area contributed by atoms with Gasteiger partial charge in [-0.1, -0.05) is 12.1 Å². The molecule has 1 heterocycles. The van der Waals surface area contributed by atoms with Crippen LogP contribution in [-0.4, -0.2) is 22.6 Å². The van der Waals surface area contributed by atoms with Gasteiger partial charge in [-0.25, -0.2) is 4.98 Å². The van der Waals surface area contributed by atoms with Crippen molar-refractivity contribution in [3.8, 4) is 17.6 Å². The molecule has 116 valence electrons. The predicted octanol–water partition coefficient (Wildman–Crippen LogP) is 2.73. The number of carbonyl (C=O) groups excluding carboxylic acids is 1. The van der Waals surface area contributed by atoms with Gasteiger partial charge in [0.2, 0.25) is 0 Å². The van der Waals surface area contributed by atoms with Crippen LogP contribution in [0.2, 0.25) is 0 Å². The van der Waals surface area contributed by atoms with Crippen LogP contribution in [0, 0.1) is 11.3 Å². The topological polar surface area (TPSA) is 95.2 Å². The summed E-state index contributed by atoms with van der Waals surface area (Å²) in [5.41, 5.74) is 0.489. The van der Waals surface area contributed by atoms with E-state index in [4.69, 9.17) is 4.74 Å². The van der Waals surface area contributed by atoms with Crippen LogP contribution in [0.3, 0.4) is 0 Å². The second kappa shape index (κ2) is 7.61. The molecule has 0 spiro atoms. The van der Waals surface area contributed by atoms with Gasteiger partial charge in [-0.2, -0.15) is 5.26 Å². The monoisotopic (exact) mass is 309 g/mol. The molecule has 0 saturated heterocycles. The third kappa shape index (κ3) is 4.32. The zero-order valence-corrected chi connectivity index (χ0v) is 12.5. The van der Waals surface area contributed by atoms with Crippen molar-refractivity contribution in [2.75, 3.05) is 11.9 Å². The summed E-state index contributed by atoms with van der Waals surface area (Å²) in [6.07, 6.45) is 2.96. The molecule has 1 aromatic heterocycles. The standard InChI is InChI=1S/C17H15N3O3/c1-2-23-15-10-12(6-7-14(15)21)9-13(11-18)17(22)20-16-5-3-4-8-19-16/h3-10,21H,2H2,1H3,(H,19,20,22)/b13-9+. The lowest BCUT2D eigenvalue weighted by Crippen LogP contribution is -2.14. The minimum atomic E-state index is -0.558.